The zero-order chi connectivity index (χ0) is 19.8. The van der Waals surface area contributed by atoms with Crippen LogP contribution in [-0.4, -0.2) is 24.6 Å². The number of benzene rings is 2. The number of oxazole rings is 1. The van der Waals surface area contributed by atoms with Crippen molar-refractivity contribution in [3.05, 3.63) is 53.6 Å². The van der Waals surface area contributed by atoms with Gasteiger partial charge < -0.3 is 10.2 Å². The topological polar surface area (TPSA) is 153 Å². The van der Waals surface area contributed by atoms with Crippen LogP contribution in [0.2, 0.25) is 5.02 Å². The summed E-state index contributed by atoms with van der Waals surface area (Å²) in [6.07, 6.45) is 0. The van der Waals surface area contributed by atoms with Crippen molar-refractivity contribution < 1.29 is 22.8 Å². The molecule has 0 atom stereocenters. The zero-order valence-electron chi connectivity index (χ0n) is 13.5. The molecule has 0 radical (unpaired) electrons. The Balaban J connectivity index is 2.29. The van der Waals surface area contributed by atoms with Crippen LogP contribution in [0.1, 0.15) is 0 Å². The summed E-state index contributed by atoms with van der Waals surface area (Å²) >= 11 is 5.89. The summed E-state index contributed by atoms with van der Waals surface area (Å²) in [5, 5.41) is 15.5. The van der Waals surface area contributed by atoms with Crippen molar-refractivity contribution in [3.63, 3.8) is 0 Å². The predicted octanol–water partition coefficient (Wildman–Crippen LogP) is 2.58. The van der Waals surface area contributed by atoms with Gasteiger partial charge in [-0.05, 0) is 24.3 Å². The highest BCUT2D eigenvalue weighted by atomic mass is 35.5. The molecule has 0 bridgehead atoms. The molecule has 2 aromatic carbocycles. The molecule has 3 aromatic rings. The predicted molar refractivity (Wildman–Crippen MR) is 97.6 cm³/mol. The molecule has 2 amide bonds. The second-order valence-electron chi connectivity index (χ2n) is 5.37. The van der Waals surface area contributed by atoms with E-state index in [2.05, 4.69) is 4.98 Å². The zero-order valence-corrected chi connectivity index (χ0v) is 15.1. The Morgan fingerprint density at radius 2 is 1.78 bits per heavy atom. The van der Waals surface area contributed by atoms with E-state index in [0.717, 1.165) is 0 Å². The number of urea groups is 1. The molecular weight excluding hydrogens is 396 g/mol. The lowest BCUT2D eigenvalue weighted by atomic mass is 10.1. The van der Waals surface area contributed by atoms with Gasteiger partial charge in [-0.1, -0.05) is 35.9 Å². The molecule has 9 nitrogen and oxygen atoms in total. The van der Waals surface area contributed by atoms with Gasteiger partial charge in [0.05, 0.1) is 4.90 Å². The highest BCUT2D eigenvalue weighted by molar-refractivity contribution is 7.89. The van der Waals surface area contributed by atoms with Crippen LogP contribution < -0.4 is 15.9 Å². The van der Waals surface area contributed by atoms with E-state index in [0.29, 0.717) is 10.6 Å². The average Bonchev–Trinajstić information content (AvgIpc) is 3.06. The Labute approximate surface area is 158 Å². The fourth-order valence-electron chi connectivity index (χ4n) is 2.38. The number of carbonyl (C=O) groups is 1. The molecule has 0 unspecified atom stereocenters. The lowest BCUT2D eigenvalue weighted by molar-refractivity contribution is 0.203. The number of anilines is 1. The highest BCUT2D eigenvalue weighted by Gasteiger charge is 2.26. The summed E-state index contributed by atoms with van der Waals surface area (Å²) in [6.45, 7) is 0. The summed E-state index contributed by atoms with van der Waals surface area (Å²) < 4.78 is 29.3. The minimum absolute atomic E-state index is 0.00246. The van der Waals surface area contributed by atoms with Crippen LogP contribution in [0, 0.1) is 0 Å². The van der Waals surface area contributed by atoms with Crippen LogP contribution in [-0.2, 0) is 10.0 Å². The minimum Gasteiger partial charge on any atom is -0.421 e. The number of hydrogen-bond acceptors (Lipinski definition) is 6. The molecule has 0 aliphatic heterocycles. The molecule has 0 saturated carbocycles. The van der Waals surface area contributed by atoms with Gasteiger partial charge in [-0.3, -0.25) is 5.21 Å². The first-order valence-corrected chi connectivity index (χ1v) is 9.28. The SMILES string of the molecule is NC(=O)N(O)c1nc(-c2ccc(Cl)cc2)c(-c2ccccc2S(N)(=O)=O)o1. The third kappa shape index (κ3) is 3.78. The van der Waals surface area contributed by atoms with Crippen molar-refractivity contribution in [1.29, 1.82) is 0 Å². The number of hydrogen-bond donors (Lipinski definition) is 3. The van der Waals surface area contributed by atoms with Crippen molar-refractivity contribution in [2.75, 3.05) is 5.06 Å². The number of halogens is 1. The third-order valence-corrected chi connectivity index (χ3v) is 4.78. The Morgan fingerprint density at radius 1 is 1.15 bits per heavy atom. The molecule has 1 aromatic heterocycles. The smallest absolute Gasteiger partial charge is 0.347 e. The van der Waals surface area contributed by atoms with E-state index < -0.39 is 22.1 Å². The summed E-state index contributed by atoms with van der Waals surface area (Å²) in [7, 11) is -4.09. The molecule has 0 aliphatic rings. The first-order chi connectivity index (χ1) is 12.7. The van der Waals surface area contributed by atoms with Crippen molar-refractivity contribution in [3.8, 4) is 22.6 Å². The fraction of sp³-hybridized carbons (Fsp3) is 0. The van der Waals surface area contributed by atoms with Crippen molar-refractivity contribution in [2.45, 2.75) is 4.90 Å². The maximum Gasteiger partial charge on any atom is 0.347 e. The fourth-order valence-corrected chi connectivity index (χ4v) is 3.24. The van der Waals surface area contributed by atoms with Gasteiger partial charge in [-0.2, -0.15) is 4.98 Å². The monoisotopic (exact) mass is 408 g/mol. The average molecular weight is 409 g/mol. The molecule has 1 heterocycles. The van der Waals surface area contributed by atoms with Crippen molar-refractivity contribution >= 4 is 33.7 Å². The van der Waals surface area contributed by atoms with Gasteiger partial charge in [0.15, 0.2) is 5.76 Å². The van der Waals surface area contributed by atoms with Gasteiger partial charge >= 0.3 is 12.0 Å². The molecule has 0 aliphatic carbocycles. The van der Waals surface area contributed by atoms with Gasteiger partial charge in [-0.15, -0.1) is 5.06 Å². The summed E-state index contributed by atoms with van der Waals surface area (Å²) in [6, 6.07) is 10.4. The molecule has 0 saturated heterocycles. The molecule has 27 heavy (non-hydrogen) atoms. The number of primary sulfonamides is 1. The number of nitrogens with two attached hydrogens (primary N) is 2. The quantitative estimate of drug-likeness (QED) is 0.445. The largest absolute Gasteiger partial charge is 0.421 e. The van der Waals surface area contributed by atoms with Gasteiger partial charge in [0.2, 0.25) is 10.0 Å². The van der Waals surface area contributed by atoms with Gasteiger partial charge in [0, 0.05) is 16.1 Å². The number of hydroxylamine groups is 1. The number of sulfonamides is 1. The van der Waals surface area contributed by atoms with E-state index >= 15 is 0 Å². The number of amides is 2. The summed E-state index contributed by atoms with van der Waals surface area (Å²) in [5.41, 5.74) is 5.77. The molecule has 140 valence electrons. The van der Waals surface area contributed by atoms with Gasteiger partial charge in [0.25, 0.3) is 0 Å². The van der Waals surface area contributed by atoms with E-state index in [9.17, 15) is 18.4 Å². The lowest BCUT2D eigenvalue weighted by Gasteiger charge is -2.07. The van der Waals surface area contributed by atoms with E-state index in [4.69, 9.17) is 26.9 Å². The number of nitrogens with zero attached hydrogens (tertiary/aromatic N) is 2. The number of carbonyl (C=O) groups excluding carboxylic acids is 1. The van der Waals surface area contributed by atoms with Crippen LogP contribution in [0.15, 0.2) is 57.8 Å². The Kier molecular flexibility index (Phi) is 4.89. The second-order valence-corrected chi connectivity index (χ2v) is 7.34. The Bertz CT molecular complexity index is 1110. The van der Waals surface area contributed by atoms with E-state index in [1.165, 1.54) is 18.2 Å². The second kappa shape index (κ2) is 7.00. The lowest BCUT2D eigenvalue weighted by Crippen LogP contribution is -2.32. The summed E-state index contributed by atoms with van der Waals surface area (Å²) in [5.74, 6) is -0.0303. The van der Waals surface area contributed by atoms with Crippen molar-refractivity contribution in [2.24, 2.45) is 10.9 Å². The number of aromatic nitrogens is 1. The first kappa shape index (κ1) is 18.9. The van der Waals surface area contributed by atoms with Crippen LogP contribution in [0.3, 0.4) is 0 Å². The normalized spacial score (nSPS) is 11.4. The van der Waals surface area contributed by atoms with E-state index in [-0.39, 0.29) is 27.0 Å². The van der Waals surface area contributed by atoms with Gasteiger partial charge in [0.1, 0.15) is 5.69 Å². The standard InChI is InChI=1S/C16H13ClN4O5S/c17-10-7-5-9(6-8-10)13-14(26-16(20-13)21(23)15(18)22)11-3-1-2-4-12(11)27(19,24)25/h1-8,23H,(H2,18,22)(H2,19,24,25). The molecule has 5 N–H and O–H groups in total. The maximum atomic E-state index is 11.9. The Hall–Kier alpha value is -2.92. The Morgan fingerprint density at radius 3 is 2.37 bits per heavy atom. The van der Waals surface area contributed by atoms with Crippen LogP contribution >= 0.6 is 11.6 Å². The van der Waals surface area contributed by atoms with Crippen LogP contribution in [0.5, 0.6) is 0 Å². The highest BCUT2D eigenvalue weighted by Crippen LogP contribution is 2.38. The minimum atomic E-state index is -4.09. The summed E-state index contributed by atoms with van der Waals surface area (Å²) in [4.78, 5) is 15.1. The van der Waals surface area contributed by atoms with Crippen LogP contribution in [0.25, 0.3) is 22.6 Å². The van der Waals surface area contributed by atoms with E-state index in [1.54, 1.807) is 30.3 Å². The maximum absolute atomic E-state index is 11.9. The molecule has 3 rings (SSSR count). The number of primary amides is 1. The third-order valence-electron chi connectivity index (χ3n) is 3.56. The molecule has 11 heteroatoms. The molecule has 0 fully saturated rings. The number of rotatable bonds is 4. The van der Waals surface area contributed by atoms with Gasteiger partial charge in [-0.25, -0.2) is 18.4 Å². The van der Waals surface area contributed by atoms with E-state index in [1.807, 2.05) is 0 Å². The van der Waals surface area contributed by atoms with Crippen molar-refractivity contribution in [1.82, 2.24) is 4.98 Å². The molecular formula is C16H13ClN4O5S. The van der Waals surface area contributed by atoms with Crippen LogP contribution in [0.4, 0.5) is 10.8 Å². The first-order valence-electron chi connectivity index (χ1n) is 7.36. The molecule has 0 spiro atoms.